The third kappa shape index (κ3) is 32.1. The predicted octanol–water partition coefficient (Wildman–Crippen LogP) is -2.50. The molecule has 0 aliphatic heterocycles. The van der Waals surface area contributed by atoms with Crippen molar-refractivity contribution in [2.24, 2.45) is 0 Å². The quantitative estimate of drug-likeness (QED) is 0.371. The largest absolute Gasteiger partial charge is 0.550 e. The molecule has 0 aliphatic rings. The van der Waals surface area contributed by atoms with E-state index in [0.29, 0.717) is 0 Å². The van der Waals surface area contributed by atoms with Crippen molar-refractivity contribution in [3.8, 4) is 0 Å². The first-order valence-electron chi connectivity index (χ1n) is 1.47. The lowest BCUT2D eigenvalue weighted by Gasteiger charge is -1.87. The highest BCUT2D eigenvalue weighted by molar-refractivity contribution is 5.63. The van der Waals surface area contributed by atoms with E-state index in [-0.39, 0.29) is 17.4 Å². The van der Waals surface area contributed by atoms with Crippen molar-refractivity contribution in [1.29, 1.82) is 0 Å². The Bertz CT molecular complexity index is 42.2. The summed E-state index contributed by atoms with van der Waals surface area (Å²) in [6, 6.07) is 0. The molecule has 0 radical (unpaired) electrons. The summed E-state index contributed by atoms with van der Waals surface area (Å²) in [6.07, 6.45) is 0.111. The van der Waals surface area contributed by atoms with Gasteiger partial charge in [-0.05, 0) is 6.42 Å². The van der Waals surface area contributed by atoms with Gasteiger partial charge in [0.2, 0.25) is 0 Å². The maximum absolute atomic E-state index is 9.26. The van der Waals surface area contributed by atoms with Gasteiger partial charge >= 0.3 is 0 Å². The van der Waals surface area contributed by atoms with E-state index in [1.54, 1.807) is 0 Å². The maximum atomic E-state index is 9.26. The van der Waals surface area contributed by atoms with Crippen LogP contribution in [0.4, 0.5) is 0 Å². The Hall–Kier alpha value is -0.610. The van der Waals surface area contributed by atoms with Crippen LogP contribution in [0.3, 0.4) is 0 Å². The minimum absolute atomic E-state index is 0. The second kappa shape index (κ2) is 9.04. The zero-order valence-corrected chi connectivity index (χ0v) is 4.02. The van der Waals surface area contributed by atoms with E-state index in [4.69, 9.17) is 0 Å². The molecule has 0 saturated heterocycles. The number of carboxylic acids is 1. The lowest BCUT2D eigenvalue weighted by Crippen LogP contribution is -2.19. The third-order valence-electron chi connectivity index (χ3n) is 0.289. The molecular weight excluding hydrogens is 100 g/mol. The lowest BCUT2D eigenvalue weighted by atomic mass is 10.5. The summed E-state index contributed by atoms with van der Waals surface area (Å²) in [5.41, 5.74) is 0. The molecule has 0 bridgehead atoms. The third-order valence-corrected chi connectivity index (χ3v) is 0.289. The van der Waals surface area contributed by atoms with Gasteiger partial charge in [-0.2, -0.15) is 0 Å². The van der Waals surface area contributed by atoms with Crippen LogP contribution >= 0.6 is 0 Å². The van der Waals surface area contributed by atoms with E-state index in [1.807, 2.05) is 0 Å². The molecule has 46 valence electrons. The monoisotopic (exact) mass is 109 g/mol. The molecule has 0 saturated carbocycles. The van der Waals surface area contributed by atoms with E-state index >= 15 is 0 Å². The van der Waals surface area contributed by atoms with Gasteiger partial charge in [-0.1, -0.05) is 6.92 Å². The molecule has 0 spiro atoms. The van der Waals surface area contributed by atoms with Crippen molar-refractivity contribution in [2.45, 2.75) is 13.3 Å². The Morgan fingerprint density at radius 2 is 1.71 bits per heavy atom. The fraction of sp³-hybridized carbons (Fsp3) is 0.667. The summed E-state index contributed by atoms with van der Waals surface area (Å²) in [7, 11) is 0. The van der Waals surface area contributed by atoms with E-state index in [2.05, 4.69) is 0 Å². The van der Waals surface area contributed by atoms with E-state index in [9.17, 15) is 9.90 Å². The molecule has 0 aromatic heterocycles. The fourth-order valence-electron chi connectivity index (χ4n) is 0. The summed E-state index contributed by atoms with van der Waals surface area (Å²) in [5, 5.41) is 9.26. The van der Waals surface area contributed by atoms with Gasteiger partial charge in [-0.15, -0.1) is 0 Å². The fourth-order valence-corrected chi connectivity index (χ4v) is 0. The van der Waals surface area contributed by atoms with Gasteiger partial charge < -0.3 is 20.9 Å². The summed E-state index contributed by atoms with van der Waals surface area (Å²) in [6.45, 7) is 1.54. The van der Waals surface area contributed by atoms with Crippen LogP contribution in [0.25, 0.3) is 0 Å². The van der Waals surface area contributed by atoms with Crippen molar-refractivity contribution < 1.29 is 20.9 Å². The molecule has 4 N–H and O–H groups in total. The van der Waals surface area contributed by atoms with Crippen LogP contribution in [0.5, 0.6) is 0 Å². The average Bonchev–Trinajstić information content (AvgIpc) is 1.38. The second-order valence-electron chi connectivity index (χ2n) is 0.726. The molecule has 0 aromatic carbocycles. The second-order valence-corrected chi connectivity index (χ2v) is 0.726. The topological polar surface area (TPSA) is 103 Å². The smallest absolute Gasteiger partial charge is 0.0411 e. The average molecular weight is 109 g/mol. The van der Waals surface area contributed by atoms with Gasteiger partial charge in [0.15, 0.2) is 0 Å². The summed E-state index contributed by atoms with van der Waals surface area (Å²) in [4.78, 5) is 9.26. The minimum atomic E-state index is -0.995. The number of hydrogen-bond donors (Lipinski definition) is 0. The van der Waals surface area contributed by atoms with Crippen LogP contribution in [0, 0.1) is 0 Å². The Morgan fingerprint density at radius 3 is 1.71 bits per heavy atom. The van der Waals surface area contributed by atoms with Gasteiger partial charge in [-0.3, -0.25) is 0 Å². The van der Waals surface area contributed by atoms with Crippen LogP contribution in [-0.4, -0.2) is 16.9 Å². The van der Waals surface area contributed by atoms with Crippen LogP contribution in [0.1, 0.15) is 13.3 Å². The number of carbonyl (C=O) groups excluding carboxylic acids is 1. The zero-order valence-electron chi connectivity index (χ0n) is 4.02. The molecule has 4 nitrogen and oxygen atoms in total. The van der Waals surface area contributed by atoms with E-state index in [1.165, 1.54) is 6.92 Å². The maximum Gasteiger partial charge on any atom is 0.0411 e. The summed E-state index contributed by atoms with van der Waals surface area (Å²) in [5.74, 6) is -0.995. The normalized spacial score (nSPS) is 5.29. The number of aliphatic carboxylic acids is 1. The van der Waals surface area contributed by atoms with Gasteiger partial charge in [0, 0.05) is 5.97 Å². The molecule has 4 heteroatoms. The Morgan fingerprint density at radius 1 is 1.57 bits per heavy atom. The first-order valence-corrected chi connectivity index (χ1v) is 1.47. The lowest BCUT2D eigenvalue weighted by molar-refractivity contribution is -0.305. The van der Waals surface area contributed by atoms with Crippen molar-refractivity contribution >= 4 is 5.97 Å². The van der Waals surface area contributed by atoms with Crippen molar-refractivity contribution in [1.82, 2.24) is 0 Å². The molecule has 0 rings (SSSR count). The standard InChI is InChI=1S/C3H6O2.2H2O/c1-2-3(4)5;;/h2H2,1H3,(H,4,5);2*1H2/p-1. The molecule has 0 aliphatic carbocycles. The molecule has 0 unspecified atom stereocenters. The van der Waals surface area contributed by atoms with Gasteiger partial charge in [0.25, 0.3) is 0 Å². The van der Waals surface area contributed by atoms with Gasteiger partial charge in [0.1, 0.15) is 0 Å². The summed E-state index contributed by atoms with van der Waals surface area (Å²) >= 11 is 0. The molecule has 7 heavy (non-hydrogen) atoms. The Balaban J connectivity index is -0.0000000800. The first kappa shape index (κ1) is 16.2. The zero-order chi connectivity index (χ0) is 4.28. The molecule has 0 aromatic rings. The number of hydrogen-bond acceptors (Lipinski definition) is 2. The Kier molecular flexibility index (Phi) is 20.9. The van der Waals surface area contributed by atoms with Crippen LogP contribution in [0.2, 0.25) is 0 Å². The number of rotatable bonds is 1. The highest BCUT2D eigenvalue weighted by Crippen LogP contribution is 1.61. The molecule has 0 fully saturated rings. The minimum Gasteiger partial charge on any atom is -0.550 e. The van der Waals surface area contributed by atoms with Crippen molar-refractivity contribution in [2.75, 3.05) is 0 Å². The van der Waals surface area contributed by atoms with E-state index in [0.717, 1.165) is 0 Å². The van der Waals surface area contributed by atoms with Gasteiger partial charge in [-0.25, -0.2) is 0 Å². The molecule has 0 heterocycles. The van der Waals surface area contributed by atoms with Crippen molar-refractivity contribution in [3.05, 3.63) is 0 Å². The molecular formula is C3H9O4-. The van der Waals surface area contributed by atoms with Crippen LogP contribution < -0.4 is 5.11 Å². The van der Waals surface area contributed by atoms with Crippen LogP contribution in [-0.2, 0) is 4.79 Å². The summed E-state index contributed by atoms with van der Waals surface area (Å²) < 4.78 is 0. The first-order chi connectivity index (χ1) is 2.27. The number of carbonyl (C=O) groups is 1. The predicted molar refractivity (Wildman–Crippen MR) is 22.5 cm³/mol. The number of carboxylic acid groups (broad SMARTS) is 1. The van der Waals surface area contributed by atoms with Crippen LogP contribution in [0.15, 0.2) is 0 Å². The Labute approximate surface area is 41.4 Å². The molecule has 0 atom stereocenters. The van der Waals surface area contributed by atoms with Gasteiger partial charge in [0.05, 0.1) is 0 Å². The SMILES string of the molecule is CCC(=O)[O-].O.O. The highest BCUT2D eigenvalue weighted by Gasteiger charge is 1.65. The van der Waals surface area contributed by atoms with Crippen molar-refractivity contribution in [3.63, 3.8) is 0 Å². The van der Waals surface area contributed by atoms with E-state index < -0.39 is 5.97 Å². The molecule has 0 amide bonds. The highest BCUT2D eigenvalue weighted by atomic mass is 16.4.